The van der Waals surface area contributed by atoms with Gasteiger partial charge in [-0.3, -0.25) is 9.78 Å². The fraction of sp³-hybridized carbons (Fsp3) is 0.375. The molecule has 1 amide bonds. The number of hydrogen-bond acceptors (Lipinski definition) is 5. The van der Waals surface area contributed by atoms with Crippen molar-refractivity contribution >= 4 is 23.2 Å². The van der Waals surface area contributed by atoms with Crippen molar-refractivity contribution in [2.24, 2.45) is 0 Å². The Morgan fingerprint density at radius 2 is 2.26 bits per heavy atom. The molecule has 1 saturated heterocycles. The van der Waals surface area contributed by atoms with Crippen molar-refractivity contribution in [1.82, 2.24) is 14.9 Å². The number of aryl methyl sites for hydroxylation is 1. The predicted octanol–water partition coefficient (Wildman–Crippen LogP) is 2.56. The number of piperidine rings is 1. The summed E-state index contributed by atoms with van der Waals surface area (Å²) in [6.45, 7) is 3.23. The lowest BCUT2D eigenvalue weighted by Gasteiger charge is -2.31. The smallest absolute Gasteiger partial charge is 0.335 e. The van der Waals surface area contributed by atoms with E-state index in [1.807, 2.05) is 12.3 Å². The molecule has 23 heavy (non-hydrogen) atoms. The number of amides is 1. The minimum absolute atomic E-state index is 0.0763. The van der Waals surface area contributed by atoms with E-state index < -0.39 is 5.97 Å². The summed E-state index contributed by atoms with van der Waals surface area (Å²) in [5, 5.41) is 12.1. The number of thiazole rings is 1. The standard InChI is InChI=1S/C16H17N3O3S/c1-10-9-23-14(18-10)12-3-2-6-19(8-12)15(20)13-7-11(16(21)22)4-5-17-13/h4-5,7,9,12H,2-3,6,8H2,1H3,(H,21,22). The van der Waals surface area contributed by atoms with E-state index in [1.54, 1.807) is 16.2 Å². The van der Waals surface area contributed by atoms with E-state index in [0.717, 1.165) is 23.5 Å². The van der Waals surface area contributed by atoms with Crippen molar-refractivity contribution in [3.63, 3.8) is 0 Å². The molecule has 1 aliphatic rings. The number of carbonyl (C=O) groups is 2. The van der Waals surface area contributed by atoms with Crippen molar-refractivity contribution in [3.8, 4) is 0 Å². The summed E-state index contributed by atoms with van der Waals surface area (Å²) in [7, 11) is 0. The number of hydrogen-bond donors (Lipinski definition) is 1. The van der Waals surface area contributed by atoms with Crippen molar-refractivity contribution < 1.29 is 14.7 Å². The molecule has 7 heteroatoms. The number of aromatic nitrogens is 2. The SMILES string of the molecule is Cc1csc(C2CCCN(C(=O)c3cc(C(=O)O)ccn3)C2)n1. The number of aromatic carboxylic acids is 1. The Labute approximate surface area is 137 Å². The fourth-order valence-corrected chi connectivity index (χ4v) is 3.69. The average molecular weight is 331 g/mol. The Kier molecular flexibility index (Phi) is 4.38. The molecule has 3 rings (SSSR count). The van der Waals surface area contributed by atoms with Gasteiger partial charge in [-0.2, -0.15) is 0 Å². The highest BCUT2D eigenvalue weighted by Crippen LogP contribution is 2.29. The lowest BCUT2D eigenvalue weighted by molar-refractivity contribution is 0.0696. The van der Waals surface area contributed by atoms with E-state index in [9.17, 15) is 9.59 Å². The van der Waals surface area contributed by atoms with Crippen LogP contribution in [-0.2, 0) is 0 Å². The monoisotopic (exact) mass is 331 g/mol. The molecule has 1 fully saturated rings. The molecule has 0 bridgehead atoms. The van der Waals surface area contributed by atoms with Gasteiger partial charge in [-0.05, 0) is 31.9 Å². The number of carboxylic acid groups (broad SMARTS) is 1. The summed E-state index contributed by atoms with van der Waals surface area (Å²) in [5.74, 6) is -1.03. The molecule has 6 nitrogen and oxygen atoms in total. The largest absolute Gasteiger partial charge is 0.478 e. The third-order valence-electron chi connectivity index (χ3n) is 3.92. The Bertz CT molecular complexity index is 744. The highest BCUT2D eigenvalue weighted by Gasteiger charge is 2.28. The minimum atomic E-state index is -1.06. The fourth-order valence-electron chi connectivity index (χ4n) is 2.77. The normalized spacial score (nSPS) is 18.0. The first-order valence-electron chi connectivity index (χ1n) is 7.45. The van der Waals surface area contributed by atoms with Gasteiger partial charge in [0, 0.05) is 36.3 Å². The van der Waals surface area contributed by atoms with Crippen LogP contribution >= 0.6 is 11.3 Å². The first kappa shape index (κ1) is 15.6. The first-order chi connectivity index (χ1) is 11.0. The summed E-state index contributed by atoms with van der Waals surface area (Å²) in [6, 6.07) is 2.72. The molecule has 2 aromatic heterocycles. The summed E-state index contributed by atoms with van der Waals surface area (Å²) < 4.78 is 0. The second kappa shape index (κ2) is 6.45. The molecule has 0 saturated carbocycles. The number of carboxylic acids is 1. The van der Waals surface area contributed by atoms with Crippen LogP contribution < -0.4 is 0 Å². The molecule has 1 atom stereocenters. The van der Waals surface area contributed by atoms with Gasteiger partial charge in [-0.25, -0.2) is 9.78 Å². The van der Waals surface area contributed by atoms with E-state index in [0.29, 0.717) is 13.1 Å². The first-order valence-corrected chi connectivity index (χ1v) is 8.33. The van der Waals surface area contributed by atoms with Crippen molar-refractivity contribution in [2.45, 2.75) is 25.7 Å². The molecule has 1 unspecified atom stereocenters. The van der Waals surface area contributed by atoms with Crippen LogP contribution in [0.3, 0.4) is 0 Å². The van der Waals surface area contributed by atoms with Crippen LogP contribution in [0.25, 0.3) is 0 Å². The second-order valence-electron chi connectivity index (χ2n) is 5.65. The third-order valence-corrected chi connectivity index (χ3v) is 5.05. The number of rotatable bonds is 3. The maximum atomic E-state index is 12.6. The van der Waals surface area contributed by atoms with Crippen LogP contribution in [0, 0.1) is 6.92 Å². The zero-order valence-electron chi connectivity index (χ0n) is 12.7. The molecule has 0 aliphatic carbocycles. The van der Waals surface area contributed by atoms with Gasteiger partial charge >= 0.3 is 5.97 Å². The molecule has 3 heterocycles. The van der Waals surface area contributed by atoms with Crippen LogP contribution in [-0.4, -0.2) is 44.9 Å². The molecule has 0 radical (unpaired) electrons. The number of nitrogens with zero attached hydrogens (tertiary/aromatic N) is 3. The number of carbonyl (C=O) groups excluding carboxylic acids is 1. The Hall–Kier alpha value is -2.28. The Morgan fingerprint density at radius 1 is 1.43 bits per heavy atom. The molecule has 1 aliphatic heterocycles. The van der Waals surface area contributed by atoms with E-state index >= 15 is 0 Å². The molecule has 0 spiro atoms. The van der Waals surface area contributed by atoms with Gasteiger partial charge in [0.25, 0.3) is 5.91 Å². The molecule has 2 aromatic rings. The lowest BCUT2D eigenvalue weighted by Crippen LogP contribution is -2.39. The highest BCUT2D eigenvalue weighted by atomic mass is 32.1. The Morgan fingerprint density at radius 3 is 2.96 bits per heavy atom. The Balaban J connectivity index is 1.77. The van der Waals surface area contributed by atoms with E-state index in [1.165, 1.54) is 18.3 Å². The number of pyridine rings is 1. The zero-order valence-corrected chi connectivity index (χ0v) is 13.5. The van der Waals surface area contributed by atoms with Gasteiger partial charge < -0.3 is 10.0 Å². The van der Waals surface area contributed by atoms with Crippen molar-refractivity contribution in [1.29, 1.82) is 0 Å². The quantitative estimate of drug-likeness (QED) is 0.934. The topological polar surface area (TPSA) is 83.4 Å². The summed E-state index contributed by atoms with van der Waals surface area (Å²) >= 11 is 1.63. The van der Waals surface area contributed by atoms with Crippen LogP contribution in [0.2, 0.25) is 0 Å². The van der Waals surface area contributed by atoms with Gasteiger partial charge in [0.2, 0.25) is 0 Å². The van der Waals surface area contributed by atoms with Crippen LogP contribution in [0.1, 0.15) is 50.3 Å². The lowest BCUT2D eigenvalue weighted by atomic mass is 9.98. The van der Waals surface area contributed by atoms with Crippen LogP contribution in [0.5, 0.6) is 0 Å². The van der Waals surface area contributed by atoms with Gasteiger partial charge in [0.1, 0.15) is 5.69 Å². The summed E-state index contributed by atoms with van der Waals surface area (Å²) in [6.07, 6.45) is 3.29. The number of likely N-dealkylation sites (tertiary alicyclic amines) is 1. The second-order valence-corrected chi connectivity index (χ2v) is 6.54. The van der Waals surface area contributed by atoms with Gasteiger partial charge in [-0.1, -0.05) is 0 Å². The zero-order chi connectivity index (χ0) is 16.4. The molecule has 1 N–H and O–H groups in total. The van der Waals surface area contributed by atoms with Gasteiger partial charge in [0.05, 0.1) is 10.6 Å². The molecule has 0 aromatic carbocycles. The van der Waals surface area contributed by atoms with Gasteiger partial charge in [-0.15, -0.1) is 11.3 Å². The minimum Gasteiger partial charge on any atom is -0.478 e. The molecular formula is C16H17N3O3S. The maximum Gasteiger partial charge on any atom is 0.335 e. The molecule has 120 valence electrons. The summed E-state index contributed by atoms with van der Waals surface area (Å²) in [4.78, 5) is 33.9. The van der Waals surface area contributed by atoms with E-state index in [-0.39, 0.29) is 23.1 Å². The predicted molar refractivity (Wildman–Crippen MR) is 85.9 cm³/mol. The van der Waals surface area contributed by atoms with Gasteiger partial charge in [0.15, 0.2) is 0 Å². The molecular weight excluding hydrogens is 314 g/mol. The average Bonchev–Trinajstić information content (AvgIpc) is 3.01. The van der Waals surface area contributed by atoms with Crippen LogP contribution in [0.15, 0.2) is 23.7 Å². The van der Waals surface area contributed by atoms with Crippen LogP contribution in [0.4, 0.5) is 0 Å². The summed E-state index contributed by atoms with van der Waals surface area (Å²) in [5.41, 5.74) is 1.26. The van der Waals surface area contributed by atoms with E-state index in [4.69, 9.17) is 5.11 Å². The third kappa shape index (κ3) is 3.39. The van der Waals surface area contributed by atoms with Crippen molar-refractivity contribution in [3.05, 3.63) is 45.7 Å². The maximum absolute atomic E-state index is 12.6. The van der Waals surface area contributed by atoms with E-state index in [2.05, 4.69) is 9.97 Å². The highest BCUT2D eigenvalue weighted by molar-refractivity contribution is 7.09. The van der Waals surface area contributed by atoms with Crippen molar-refractivity contribution in [2.75, 3.05) is 13.1 Å².